The summed E-state index contributed by atoms with van der Waals surface area (Å²) in [6.07, 6.45) is 5.39. The van der Waals surface area contributed by atoms with Crippen molar-refractivity contribution in [3.05, 3.63) is 84.4 Å². The lowest BCUT2D eigenvalue weighted by atomic mass is 10.1. The van der Waals surface area contributed by atoms with E-state index in [1.54, 1.807) is 23.1 Å². The Kier molecular flexibility index (Phi) is 4.73. The molecule has 1 fully saturated rings. The lowest BCUT2D eigenvalue weighted by Gasteiger charge is -2.25. The molecule has 1 aliphatic heterocycles. The maximum Gasteiger partial charge on any atom is 0.277 e. The zero-order chi connectivity index (χ0) is 22.2. The maximum absolute atomic E-state index is 12.7. The number of rotatable bonds is 6. The van der Waals surface area contributed by atoms with Crippen LogP contribution in [0.3, 0.4) is 0 Å². The highest BCUT2D eigenvalue weighted by atomic mass is 16.5. The lowest BCUT2D eigenvalue weighted by Crippen LogP contribution is -2.30. The van der Waals surface area contributed by atoms with Crippen molar-refractivity contribution in [2.45, 2.75) is 12.6 Å². The van der Waals surface area contributed by atoms with Crippen molar-refractivity contribution >= 4 is 22.5 Å². The van der Waals surface area contributed by atoms with Gasteiger partial charge in [-0.05, 0) is 11.6 Å². The first kappa shape index (κ1) is 19.4. The lowest BCUT2D eigenvalue weighted by molar-refractivity contribution is -0.0283. The Balaban J connectivity index is 1.19. The highest BCUT2D eigenvalue weighted by Crippen LogP contribution is 2.30. The van der Waals surface area contributed by atoms with Crippen molar-refractivity contribution in [2.75, 3.05) is 18.5 Å². The largest absolute Gasteiger partial charge is 0.377 e. The molecule has 164 valence electrons. The molecule has 9 nitrogen and oxygen atoms in total. The second-order valence-corrected chi connectivity index (χ2v) is 7.99. The number of hydrogen-bond donors (Lipinski definition) is 1. The van der Waals surface area contributed by atoms with Gasteiger partial charge < -0.3 is 14.6 Å². The molecule has 0 saturated carbocycles. The minimum atomic E-state index is -0.367. The van der Waals surface area contributed by atoms with Crippen molar-refractivity contribution in [1.29, 1.82) is 0 Å². The number of nitrogens with zero attached hydrogens (tertiary/aromatic N) is 5. The average Bonchev–Trinajstić information content (AvgIpc) is 3.52. The van der Waals surface area contributed by atoms with Gasteiger partial charge >= 0.3 is 0 Å². The third kappa shape index (κ3) is 3.79. The molecule has 0 aliphatic carbocycles. The first-order valence-electron chi connectivity index (χ1n) is 10.6. The van der Waals surface area contributed by atoms with E-state index >= 15 is 0 Å². The molecule has 0 atom stereocenters. The van der Waals surface area contributed by atoms with Gasteiger partial charge in [0.1, 0.15) is 5.52 Å². The van der Waals surface area contributed by atoms with Gasteiger partial charge in [0.2, 0.25) is 0 Å². The molecule has 1 saturated heterocycles. The number of benzene rings is 2. The summed E-state index contributed by atoms with van der Waals surface area (Å²) in [5, 5.41) is 16.8. The summed E-state index contributed by atoms with van der Waals surface area (Å²) in [5.74, 6) is 0.120. The van der Waals surface area contributed by atoms with Gasteiger partial charge in [0, 0.05) is 29.4 Å². The van der Waals surface area contributed by atoms with E-state index in [0.29, 0.717) is 31.2 Å². The quantitative estimate of drug-likeness (QED) is 0.432. The third-order valence-electron chi connectivity index (χ3n) is 5.64. The van der Waals surface area contributed by atoms with E-state index in [1.165, 1.54) is 0 Å². The summed E-state index contributed by atoms with van der Waals surface area (Å²) >= 11 is 0. The minimum Gasteiger partial charge on any atom is -0.377 e. The zero-order valence-corrected chi connectivity index (χ0v) is 17.6. The van der Waals surface area contributed by atoms with Gasteiger partial charge in [-0.3, -0.25) is 14.2 Å². The molecule has 1 amide bonds. The Morgan fingerprint density at radius 1 is 1.09 bits per heavy atom. The molecule has 9 heteroatoms. The van der Waals surface area contributed by atoms with Crippen LogP contribution in [0.5, 0.6) is 0 Å². The van der Waals surface area contributed by atoms with E-state index in [9.17, 15) is 4.79 Å². The summed E-state index contributed by atoms with van der Waals surface area (Å²) in [6.45, 7) is 1.95. The van der Waals surface area contributed by atoms with E-state index in [4.69, 9.17) is 14.4 Å². The van der Waals surface area contributed by atoms with Crippen LogP contribution in [0.4, 0.5) is 5.69 Å². The molecule has 1 aliphatic rings. The van der Waals surface area contributed by atoms with Crippen LogP contribution in [0.25, 0.3) is 22.2 Å². The molecular formula is C24H20N6O3. The molecule has 6 rings (SSSR count). The van der Waals surface area contributed by atoms with E-state index in [0.717, 1.165) is 22.0 Å². The predicted molar refractivity (Wildman–Crippen MR) is 121 cm³/mol. The summed E-state index contributed by atoms with van der Waals surface area (Å²) in [6, 6.07) is 17.7. The summed E-state index contributed by atoms with van der Waals surface area (Å²) in [5.41, 5.74) is 3.48. The molecule has 1 N–H and O–H groups in total. The Bertz CT molecular complexity index is 1430. The molecule has 3 aromatic heterocycles. The van der Waals surface area contributed by atoms with Crippen LogP contribution in [-0.2, 0) is 11.3 Å². The van der Waals surface area contributed by atoms with Crippen LogP contribution in [0, 0.1) is 0 Å². The molecule has 2 aromatic carbocycles. The number of aromatic nitrogens is 5. The zero-order valence-electron chi connectivity index (χ0n) is 17.6. The van der Waals surface area contributed by atoms with Crippen LogP contribution >= 0.6 is 0 Å². The molecule has 33 heavy (non-hydrogen) atoms. The van der Waals surface area contributed by atoms with Gasteiger partial charge in [0.15, 0.2) is 11.5 Å². The van der Waals surface area contributed by atoms with Crippen LogP contribution in [0.2, 0.25) is 0 Å². The number of anilines is 1. The summed E-state index contributed by atoms with van der Waals surface area (Å²) in [7, 11) is 0. The van der Waals surface area contributed by atoms with E-state index < -0.39 is 0 Å². The Labute approximate surface area is 188 Å². The highest BCUT2D eigenvalue weighted by Gasteiger charge is 2.23. The first-order valence-corrected chi connectivity index (χ1v) is 10.6. The number of hydrogen-bond acceptors (Lipinski definition) is 6. The van der Waals surface area contributed by atoms with Crippen molar-refractivity contribution in [3.63, 3.8) is 0 Å². The summed E-state index contributed by atoms with van der Waals surface area (Å²) < 4.78 is 14.5. The molecule has 5 aromatic rings. The molecule has 0 spiro atoms. The Morgan fingerprint density at radius 3 is 2.79 bits per heavy atom. The third-order valence-corrected chi connectivity index (χ3v) is 5.64. The van der Waals surface area contributed by atoms with E-state index in [2.05, 4.69) is 15.6 Å². The van der Waals surface area contributed by atoms with Gasteiger partial charge in [-0.15, -0.1) is 0 Å². The summed E-state index contributed by atoms with van der Waals surface area (Å²) in [4.78, 5) is 12.7. The monoisotopic (exact) mass is 440 g/mol. The second-order valence-electron chi connectivity index (χ2n) is 7.99. The van der Waals surface area contributed by atoms with Crippen LogP contribution in [-0.4, -0.2) is 43.8 Å². The fourth-order valence-corrected chi connectivity index (χ4v) is 3.82. The maximum atomic E-state index is 12.7. The number of carbonyl (C=O) groups is 1. The Hall–Kier alpha value is -4.24. The number of ether oxygens (including phenoxy) is 1. The second kappa shape index (κ2) is 8.03. The average molecular weight is 440 g/mol. The van der Waals surface area contributed by atoms with E-state index in [-0.39, 0.29) is 17.6 Å². The molecule has 4 heterocycles. The van der Waals surface area contributed by atoms with Gasteiger partial charge in [-0.25, -0.2) is 0 Å². The fraction of sp³-hybridized carbons (Fsp3) is 0.167. The molecule has 0 unspecified atom stereocenters. The minimum absolute atomic E-state index is 0.185. The van der Waals surface area contributed by atoms with Gasteiger partial charge in [-0.2, -0.15) is 10.2 Å². The van der Waals surface area contributed by atoms with Gasteiger partial charge in [0.25, 0.3) is 5.91 Å². The topological polar surface area (TPSA) is 100 Å². The number of amides is 1. The fourth-order valence-electron chi connectivity index (χ4n) is 3.82. The van der Waals surface area contributed by atoms with Crippen LogP contribution < -0.4 is 5.32 Å². The smallest absolute Gasteiger partial charge is 0.277 e. The Morgan fingerprint density at radius 2 is 1.97 bits per heavy atom. The molecular weight excluding hydrogens is 420 g/mol. The standard InChI is InChI=1S/C24H20N6O3/c31-24(26-18-10-25-29(13-18)11-16-5-2-1-3-6-16)21-9-22(33-28-21)20-8-4-7-17-12-30(27-23(17)20)19-14-32-15-19/h1-10,12-13,19H,11,14-15H2,(H,26,31). The molecule has 0 bridgehead atoms. The number of nitrogens with one attached hydrogen (secondary N) is 1. The van der Waals surface area contributed by atoms with Crippen molar-refractivity contribution in [2.24, 2.45) is 0 Å². The van der Waals surface area contributed by atoms with E-state index in [1.807, 2.05) is 59.4 Å². The van der Waals surface area contributed by atoms with Crippen LogP contribution in [0.1, 0.15) is 22.1 Å². The molecule has 0 radical (unpaired) electrons. The van der Waals surface area contributed by atoms with Gasteiger partial charge in [-0.1, -0.05) is 47.6 Å². The van der Waals surface area contributed by atoms with Gasteiger partial charge in [0.05, 0.1) is 37.7 Å². The van der Waals surface area contributed by atoms with Crippen LogP contribution in [0.15, 0.2) is 77.7 Å². The van der Waals surface area contributed by atoms with Crippen molar-refractivity contribution < 1.29 is 14.1 Å². The number of carbonyl (C=O) groups excluding carboxylic acids is 1. The highest BCUT2D eigenvalue weighted by molar-refractivity contribution is 6.03. The number of fused-ring (bicyclic) bond motifs is 1. The SMILES string of the molecule is O=C(Nc1cnn(Cc2ccccc2)c1)c1cc(-c2cccc3cn(C4COC4)nc23)on1. The van der Waals surface area contributed by atoms with Crippen molar-refractivity contribution in [1.82, 2.24) is 24.7 Å². The normalized spacial score (nSPS) is 13.8. The predicted octanol–water partition coefficient (Wildman–Crippen LogP) is 3.76. The van der Waals surface area contributed by atoms with Crippen molar-refractivity contribution in [3.8, 4) is 11.3 Å². The first-order chi connectivity index (χ1) is 16.2.